The van der Waals surface area contributed by atoms with Gasteiger partial charge in [-0.3, -0.25) is 4.90 Å². The molecule has 5 rings (SSSR count). The number of phenols is 2. The van der Waals surface area contributed by atoms with E-state index in [1.54, 1.807) is 48.5 Å². The number of phenolic OH excluding ortho intramolecular Hbond substituents is 2. The van der Waals surface area contributed by atoms with Crippen molar-refractivity contribution in [1.82, 2.24) is 4.90 Å². The van der Waals surface area contributed by atoms with E-state index in [4.69, 9.17) is 4.74 Å². The van der Waals surface area contributed by atoms with Crippen LogP contribution in [0.2, 0.25) is 0 Å². The second-order valence-corrected chi connectivity index (χ2v) is 12.4. The maximum Gasteiger partial charge on any atom is 0.179 e. The van der Waals surface area contributed by atoms with Crippen LogP contribution in [0.1, 0.15) is 50.0 Å². The normalized spacial score (nSPS) is 20.9. The minimum atomic E-state index is -3.45. The Bertz CT molecular complexity index is 1450. The van der Waals surface area contributed by atoms with E-state index < -0.39 is 15.9 Å². The maximum absolute atomic E-state index is 13.2. The van der Waals surface area contributed by atoms with E-state index in [1.807, 2.05) is 32.0 Å². The van der Waals surface area contributed by atoms with Crippen molar-refractivity contribution in [3.63, 3.8) is 0 Å². The summed E-state index contributed by atoms with van der Waals surface area (Å²) in [5.41, 5.74) is 4.14. The molecular weight excluding hydrogens is 486 g/mol. The van der Waals surface area contributed by atoms with Crippen molar-refractivity contribution in [3.8, 4) is 17.2 Å². The highest BCUT2D eigenvalue weighted by molar-refractivity contribution is 7.91. The zero-order chi connectivity index (χ0) is 26.3. The Balaban J connectivity index is 1.47. The first-order valence-electron chi connectivity index (χ1n) is 12.7. The van der Waals surface area contributed by atoms with Gasteiger partial charge in [-0.25, -0.2) is 8.42 Å². The fourth-order valence-corrected chi connectivity index (χ4v) is 7.05. The summed E-state index contributed by atoms with van der Waals surface area (Å²) in [6.07, 6.45) is 0.595. The Morgan fingerprint density at radius 1 is 1.03 bits per heavy atom. The van der Waals surface area contributed by atoms with Crippen LogP contribution in [0.5, 0.6) is 17.2 Å². The predicted octanol–water partition coefficient (Wildman–Crippen LogP) is 5.67. The third-order valence-electron chi connectivity index (χ3n) is 7.52. The molecular formula is C30H33NO5S. The number of benzene rings is 3. The van der Waals surface area contributed by atoms with Crippen molar-refractivity contribution in [3.05, 3.63) is 83.4 Å². The Morgan fingerprint density at radius 3 is 2.43 bits per heavy atom. The molecule has 0 spiro atoms. The van der Waals surface area contributed by atoms with Gasteiger partial charge in [0.05, 0.1) is 10.6 Å². The molecule has 3 aromatic rings. The highest BCUT2D eigenvalue weighted by Gasteiger charge is 2.31. The van der Waals surface area contributed by atoms with E-state index in [9.17, 15) is 18.6 Å². The van der Waals surface area contributed by atoms with Gasteiger partial charge in [0, 0.05) is 23.7 Å². The summed E-state index contributed by atoms with van der Waals surface area (Å²) >= 11 is 0. The monoisotopic (exact) mass is 519 g/mol. The van der Waals surface area contributed by atoms with Crippen LogP contribution in [0.4, 0.5) is 0 Å². The van der Waals surface area contributed by atoms with Crippen molar-refractivity contribution in [2.24, 2.45) is 5.92 Å². The van der Waals surface area contributed by atoms with Crippen LogP contribution in [-0.2, 0) is 9.84 Å². The summed E-state index contributed by atoms with van der Waals surface area (Å²) in [7, 11) is -3.45. The summed E-state index contributed by atoms with van der Waals surface area (Å²) in [6.45, 7) is 8.04. The number of aromatic hydroxyl groups is 2. The lowest BCUT2D eigenvalue weighted by molar-refractivity contribution is 0.259. The van der Waals surface area contributed by atoms with Crippen molar-refractivity contribution in [2.75, 3.05) is 18.8 Å². The lowest BCUT2D eigenvalue weighted by atomic mass is 9.86. The van der Waals surface area contributed by atoms with Crippen LogP contribution in [0, 0.1) is 5.92 Å². The number of ether oxygens (including phenoxy) is 1. The molecule has 3 atom stereocenters. The predicted molar refractivity (Wildman–Crippen MR) is 145 cm³/mol. The molecule has 6 nitrogen and oxygen atoms in total. The topological polar surface area (TPSA) is 87.1 Å². The number of fused-ring (bicyclic) bond motifs is 1. The Labute approximate surface area is 218 Å². The zero-order valence-corrected chi connectivity index (χ0v) is 22.2. The van der Waals surface area contributed by atoms with E-state index in [0.29, 0.717) is 16.6 Å². The molecule has 2 heterocycles. The highest BCUT2D eigenvalue weighted by Crippen LogP contribution is 2.47. The maximum atomic E-state index is 13.2. The van der Waals surface area contributed by atoms with Crippen LogP contribution >= 0.6 is 0 Å². The molecule has 2 aliphatic heterocycles. The Kier molecular flexibility index (Phi) is 6.77. The van der Waals surface area contributed by atoms with Gasteiger partial charge < -0.3 is 14.9 Å². The summed E-state index contributed by atoms with van der Waals surface area (Å²) in [5.74, 6) is 1.60. The number of hydrogen-bond donors (Lipinski definition) is 2. The lowest BCUT2D eigenvalue weighted by Gasteiger charge is -2.31. The van der Waals surface area contributed by atoms with Gasteiger partial charge in [0.1, 0.15) is 23.4 Å². The summed E-state index contributed by atoms with van der Waals surface area (Å²) < 4.78 is 32.9. The van der Waals surface area contributed by atoms with Crippen LogP contribution in [0.15, 0.2) is 71.6 Å². The SMILES string of the molecule is CC1=C(c2cccc(O)c2)C(c2ccc(S(=O)(=O)C[C@H](C)N3CC[C@@H](C)C3)cc2)Oc2ccc(O)cc21. The molecule has 7 heteroatoms. The van der Waals surface area contributed by atoms with E-state index >= 15 is 0 Å². The van der Waals surface area contributed by atoms with Crippen LogP contribution in [0.3, 0.4) is 0 Å². The van der Waals surface area contributed by atoms with Gasteiger partial charge in [-0.1, -0.05) is 31.2 Å². The molecule has 1 saturated heterocycles. The number of rotatable bonds is 6. The first-order valence-corrected chi connectivity index (χ1v) is 14.3. The lowest BCUT2D eigenvalue weighted by Crippen LogP contribution is -2.36. The van der Waals surface area contributed by atoms with Gasteiger partial charge in [-0.15, -0.1) is 0 Å². The molecule has 3 aromatic carbocycles. The molecule has 0 amide bonds. The molecule has 2 N–H and O–H groups in total. The number of allylic oxidation sites excluding steroid dienone is 1. The first kappa shape index (κ1) is 25.4. The van der Waals surface area contributed by atoms with E-state index in [2.05, 4.69) is 11.8 Å². The van der Waals surface area contributed by atoms with Gasteiger partial charge in [0.2, 0.25) is 0 Å². The molecule has 1 fully saturated rings. The molecule has 0 radical (unpaired) electrons. The van der Waals surface area contributed by atoms with Crippen LogP contribution < -0.4 is 4.74 Å². The fraction of sp³-hybridized carbons (Fsp3) is 0.333. The molecule has 0 bridgehead atoms. The average molecular weight is 520 g/mol. The second kappa shape index (κ2) is 9.88. The quantitative estimate of drug-likeness (QED) is 0.437. The van der Waals surface area contributed by atoms with Crippen LogP contribution in [0.25, 0.3) is 11.1 Å². The molecule has 2 aliphatic rings. The molecule has 0 aromatic heterocycles. The standard InChI is InChI=1S/C30H33NO5S/c1-19-13-14-31(17-19)20(2)18-37(34,35)26-10-7-22(8-11-26)30-29(23-5-4-6-24(32)15-23)21(3)27-16-25(33)9-12-28(27)36-30/h4-12,15-16,19-20,30,32-33H,13-14,17-18H2,1-3H3/t19-,20+,30?/m1/s1. The number of hydrogen-bond acceptors (Lipinski definition) is 6. The third kappa shape index (κ3) is 5.11. The Hall–Kier alpha value is -3.29. The smallest absolute Gasteiger partial charge is 0.179 e. The summed E-state index contributed by atoms with van der Waals surface area (Å²) in [4.78, 5) is 2.56. The molecule has 0 aliphatic carbocycles. The minimum absolute atomic E-state index is 0.0350. The minimum Gasteiger partial charge on any atom is -0.508 e. The Morgan fingerprint density at radius 2 is 1.76 bits per heavy atom. The van der Waals surface area contributed by atoms with Crippen molar-refractivity contribution in [1.29, 1.82) is 0 Å². The van der Waals surface area contributed by atoms with Gasteiger partial charge in [0.15, 0.2) is 9.84 Å². The largest absolute Gasteiger partial charge is 0.508 e. The van der Waals surface area contributed by atoms with Gasteiger partial charge >= 0.3 is 0 Å². The van der Waals surface area contributed by atoms with E-state index in [0.717, 1.165) is 47.3 Å². The summed E-state index contributed by atoms with van der Waals surface area (Å²) in [5, 5.41) is 20.2. The molecule has 194 valence electrons. The number of likely N-dealkylation sites (tertiary alicyclic amines) is 1. The van der Waals surface area contributed by atoms with Crippen molar-refractivity contribution >= 4 is 21.0 Å². The molecule has 0 saturated carbocycles. The van der Waals surface area contributed by atoms with Gasteiger partial charge in [-0.2, -0.15) is 0 Å². The molecule has 37 heavy (non-hydrogen) atoms. The zero-order valence-electron chi connectivity index (χ0n) is 21.4. The average Bonchev–Trinajstić information content (AvgIpc) is 3.30. The van der Waals surface area contributed by atoms with Crippen LogP contribution in [-0.4, -0.2) is 48.4 Å². The summed E-state index contributed by atoms with van der Waals surface area (Å²) in [6, 6.07) is 18.9. The van der Waals surface area contributed by atoms with Gasteiger partial charge in [0.25, 0.3) is 0 Å². The highest BCUT2D eigenvalue weighted by atomic mass is 32.2. The second-order valence-electron chi connectivity index (χ2n) is 10.4. The van der Waals surface area contributed by atoms with Crippen molar-refractivity contribution < 1.29 is 23.4 Å². The third-order valence-corrected chi connectivity index (χ3v) is 9.43. The van der Waals surface area contributed by atoms with Crippen molar-refractivity contribution in [2.45, 2.75) is 44.2 Å². The number of nitrogens with zero attached hydrogens (tertiary/aromatic N) is 1. The van der Waals surface area contributed by atoms with E-state index in [1.165, 1.54) is 0 Å². The number of sulfone groups is 1. The van der Waals surface area contributed by atoms with E-state index in [-0.39, 0.29) is 23.3 Å². The fourth-order valence-electron chi connectivity index (χ4n) is 5.46. The van der Waals surface area contributed by atoms with Gasteiger partial charge in [-0.05, 0) is 91.9 Å². The molecule has 1 unspecified atom stereocenters. The first-order chi connectivity index (χ1) is 17.6.